The van der Waals surface area contributed by atoms with Crippen molar-refractivity contribution >= 4 is 39.0 Å². The van der Waals surface area contributed by atoms with E-state index in [1.807, 2.05) is 24.3 Å². The number of nitro benzene ring substituents is 1. The van der Waals surface area contributed by atoms with Gasteiger partial charge in [-0.15, -0.1) is 0 Å². The van der Waals surface area contributed by atoms with Crippen molar-refractivity contribution in [2.45, 2.75) is 6.92 Å². The van der Waals surface area contributed by atoms with E-state index in [2.05, 4.69) is 10.3 Å². The number of rotatable bonds is 4. The first-order valence-electron chi connectivity index (χ1n) is 6.76. The number of aromatic nitrogens is 1. The molecule has 1 N–H and O–H groups in total. The predicted molar refractivity (Wildman–Crippen MR) is 85.1 cm³/mol. The fourth-order valence-electron chi connectivity index (χ4n) is 2.40. The SMILES string of the molecule is CC(=O)CNc1c2ccccc2nc2ccc([N+](=O)[O-])cc12. The van der Waals surface area contributed by atoms with Gasteiger partial charge in [0, 0.05) is 22.9 Å². The summed E-state index contributed by atoms with van der Waals surface area (Å²) in [7, 11) is 0. The zero-order chi connectivity index (χ0) is 15.7. The molecule has 1 heterocycles. The van der Waals surface area contributed by atoms with Crippen LogP contribution in [0.15, 0.2) is 42.5 Å². The summed E-state index contributed by atoms with van der Waals surface area (Å²) in [6.45, 7) is 1.65. The summed E-state index contributed by atoms with van der Waals surface area (Å²) in [5.41, 5.74) is 2.11. The van der Waals surface area contributed by atoms with Gasteiger partial charge in [-0.3, -0.25) is 14.9 Å². The number of benzene rings is 2. The normalized spacial score (nSPS) is 10.8. The molecule has 110 valence electrons. The molecule has 22 heavy (non-hydrogen) atoms. The quantitative estimate of drug-likeness (QED) is 0.453. The Morgan fingerprint density at radius 3 is 2.64 bits per heavy atom. The van der Waals surface area contributed by atoms with Crippen molar-refractivity contribution in [2.75, 3.05) is 11.9 Å². The zero-order valence-corrected chi connectivity index (χ0v) is 11.9. The minimum absolute atomic E-state index is 0.00421. The lowest BCUT2D eigenvalue weighted by atomic mass is 10.1. The number of carbonyl (C=O) groups is 1. The predicted octanol–water partition coefficient (Wildman–Crippen LogP) is 3.30. The van der Waals surface area contributed by atoms with E-state index in [0.717, 1.165) is 10.9 Å². The second kappa shape index (κ2) is 5.40. The standard InChI is InChI=1S/C16H13N3O3/c1-10(20)9-17-16-12-4-2-3-5-14(12)18-15-7-6-11(19(21)22)8-13(15)16/h2-8H,9H2,1H3,(H,17,18). The minimum atomic E-state index is -0.441. The molecule has 0 fully saturated rings. The Bertz CT molecular complexity index is 906. The first-order chi connectivity index (χ1) is 10.6. The average molecular weight is 295 g/mol. The molecule has 6 nitrogen and oxygen atoms in total. The Kier molecular flexibility index (Phi) is 3.42. The number of anilines is 1. The molecule has 0 saturated carbocycles. The Morgan fingerprint density at radius 1 is 1.18 bits per heavy atom. The largest absolute Gasteiger partial charge is 0.377 e. The van der Waals surface area contributed by atoms with Crippen molar-refractivity contribution in [3.63, 3.8) is 0 Å². The molecular weight excluding hydrogens is 282 g/mol. The van der Waals surface area contributed by atoms with Crippen molar-refractivity contribution in [1.82, 2.24) is 4.98 Å². The van der Waals surface area contributed by atoms with Gasteiger partial charge in [-0.1, -0.05) is 18.2 Å². The lowest BCUT2D eigenvalue weighted by molar-refractivity contribution is -0.384. The van der Waals surface area contributed by atoms with E-state index in [1.165, 1.54) is 19.1 Å². The van der Waals surface area contributed by atoms with E-state index in [4.69, 9.17) is 0 Å². The summed E-state index contributed by atoms with van der Waals surface area (Å²) in [5.74, 6) is -0.0144. The van der Waals surface area contributed by atoms with E-state index in [0.29, 0.717) is 16.6 Å². The molecule has 6 heteroatoms. The smallest absolute Gasteiger partial charge is 0.270 e. The molecule has 0 amide bonds. The van der Waals surface area contributed by atoms with Gasteiger partial charge in [-0.2, -0.15) is 0 Å². The Hall–Kier alpha value is -3.02. The van der Waals surface area contributed by atoms with Gasteiger partial charge in [0.15, 0.2) is 0 Å². The average Bonchev–Trinajstić information content (AvgIpc) is 2.50. The van der Waals surface area contributed by atoms with Crippen LogP contribution < -0.4 is 5.32 Å². The fraction of sp³-hybridized carbons (Fsp3) is 0.125. The number of carbonyl (C=O) groups excluding carboxylic acids is 1. The number of nitrogens with zero attached hydrogens (tertiary/aromatic N) is 2. The summed E-state index contributed by atoms with van der Waals surface area (Å²) in [6, 6.07) is 12.0. The van der Waals surface area contributed by atoms with Gasteiger partial charge in [0.1, 0.15) is 5.78 Å². The Morgan fingerprint density at radius 2 is 1.91 bits per heavy atom. The Labute approximate surface area is 125 Å². The van der Waals surface area contributed by atoms with Crippen molar-refractivity contribution in [2.24, 2.45) is 0 Å². The topological polar surface area (TPSA) is 85.1 Å². The van der Waals surface area contributed by atoms with Crippen LogP contribution in [0, 0.1) is 10.1 Å². The molecule has 0 aliphatic heterocycles. The van der Waals surface area contributed by atoms with Crippen molar-refractivity contribution < 1.29 is 9.72 Å². The van der Waals surface area contributed by atoms with Crippen molar-refractivity contribution in [3.8, 4) is 0 Å². The number of non-ortho nitro benzene ring substituents is 1. The van der Waals surface area contributed by atoms with E-state index in [1.54, 1.807) is 6.07 Å². The van der Waals surface area contributed by atoms with Crippen molar-refractivity contribution in [1.29, 1.82) is 0 Å². The summed E-state index contributed by atoms with van der Waals surface area (Å²) < 4.78 is 0. The van der Waals surface area contributed by atoms with Gasteiger partial charge >= 0.3 is 0 Å². The maximum absolute atomic E-state index is 11.3. The molecule has 0 atom stereocenters. The molecule has 2 aromatic carbocycles. The number of hydrogen-bond acceptors (Lipinski definition) is 5. The van der Waals surface area contributed by atoms with Crippen LogP contribution in [0.3, 0.4) is 0 Å². The zero-order valence-electron chi connectivity index (χ0n) is 11.9. The summed E-state index contributed by atoms with van der Waals surface area (Å²) >= 11 is 0. The lowest BCUT2D eigenvalue weighted by Gasteiger charge is -2.12. The second-order valence-electron chi connectivity index (χ2n) is 5.02. The fourth-order valence-corrected chi connectivity index (χ4v) is 2.40. The molecule has 0 radical (unpaired) electrons. The van der Waals surface area contributed by atoms with Crippen LogP contribution in [-0.2, 0) is 4.79 Å². The molecule has 3 rings (SSSR count). The number of pyridine rings is 1. The minimum Gasteiger partial charge on any atom is -0.377 e. The van der Waals surface area contributed by atoms with Crippen LogP contribution in [0.4, 0.5) is 11.4 Å². The van der Waals surface area contributed by atoms with Crippen LogP contribution in [0.2, 0.25) is 0 Å². The summed E-state index contributed by atoms with van der Waals surface area (Å²) in [6.07, 6.45) is 0. The third-order valence-electron chi connectivity index (χ3n) is 3.39. The Balaban J connectivity index is 2.32. The van der Waals surface area contributed by atoms with Gasteiger partial charge < -0.3 is 5.32 Å². The van der Waals surface area contributed by atoms with Gasteiger partial charge in [0.2, 0.25) is 0 Å². The first-order valence-corrected chi connectivity index (χ1v) is 6.76. The van der Waals surface area contributed by atoms with E-state index >= 15 is 0 Å². The van der Waals surface area contributed by atoms with Crippen LogP contribution in [0.5, 0.6) is 0 Å². The number of nitro groups is 1. The molecule has 0 aliphatic carbocycles. The molecular formula is C16H13N3O3. The monoisotopic (exact) mass is 295 g/mol. The molecule has 0 aliphatic rings. The molecule has 0 saturated heterocycles. The third-order valence-corrected chi connectivity index (χ3v) is 3.39. The highest BCUT2D eigenvalue weighted by Gasteiger charge is 2.13. The summed E-state index contributed by atoms with van der Waals surface area (Å²) in [5, 5.41) is 15.5. The number of nitrogens with one attached hydrogen (secondary N) is 1. The molecule has 1 aromatic heterocycles. The number of Topliss-reactive ketones (excluding diaryl/α,β-unsaturated/α-hetero) is 1. The lowest BCUT2D eigenvalue weighted by Crippen LogP contribution is -2.10. The van der Waals surface area contributed by atoms with E-state index in [9.17, 15) is 14.9 Å². The van der Waals surface area contributed by atoms with Crippen molar-refractivity contribution in [3.05, 3.63) is 52.6 Å². The molecule has 0 spiro atoms. The van der Waals surface area contributed by atoms with Crippen LogP contribution in [0.1, 0.15) is 6.92 Å². The van der Waals surface area contributed by atoms with Gasteiger partial charge in [0.25, 0.3) is 5.69 Å². The van der Waals surface area contributed by atoms with Gasteiger partial charge in [-0.25, -0.2) is 4.98 Å². The number of fused-ring (bicyclic) bond motifs is 2. The highest BCUT2D eigenvalue weighted by atomic mass is 16.6. The highest BCUT2D eigenvalue weighted by molar-refractivity contribution is 6.08. The highest BCUT2D eigenvalue weighted by Crippen LogP contribution is 2.32. The number of ketones is 1. The molecule has 3 aromatic rings. The first kappa shape index (κ1) is 13.9. The summed E-state index contributed by atoms with van der Waals surface area (Å²) in [4.78, 5) is 26.4. The maximum Gasteiger partial charge on any atom is 0.270 e. The van der Waals surface area contributed by atoms with Gasteiger partial charge in [0.05, 0.1) is 28.2 Å². The van der Waals surface area contributed by atoms with E-state index in [-0.39, 0.29) is 18.0 Å². The second-order valence-corrected chi connectivity index (χ2v) is 5.02. The van der Waals surface area contributed by atoms with Crippen LogP contribution in [-0.4, -0.2) is 22.2 Å². The molecule has 0 unspecified atom stereocenters. The molecule has 0 bridgehead atoms. The van der Waals surface area contributed by atoms with Crippen LogP contribution >= 0.6 is 0 Å². The van der Waals surface area contributed by atoms with E-state index < -0.39 is 4.92 Å². The number of para-hydroxylation sites is 1. The number of hydrogen-bond donors (Lipinski definition) is 1. The van der Waals surface area contributed by atoms with Crippen LogP contribution in [0.25, 0.3) is 21.8 Å². The maximum atomic E-state index is 11.3. The van der Waals surface area contributed by atoms with Gasteiger partial charge in [-0.05, 0) is 19.1 Å². The third kappa shape index (κ3) is 2.46.